The minimum absolute atomic E-state index is 0.568. The second-order valence-corrected chi connectivity index (χ2v) is 5.92. The fourth-order valence-corrected chi connectivity index (χ4v) is 3.26. The van der Waals surface area contributed by atoms with Crippen molar-refractivity contribution < 1.29 is 0 Å². The van der Waals surface area contributed by atoms with Crippen LogP contribution in [0.4, 0.5) is 5.82 Å². The quantitative estimate of drug-likeness (QED) is 0.750. The van der Waals surface area contributed by atoms with Crippen LogP contribution in [0.25, 0.3) is 0 Å². The van der Waals surface area contributed by atoms with Gasteiger partial charge in [-0.25, -0.2) is 4.98 Å². The SMILES string of the molecule is Clc1cnc(N(CCBr)C2CCCC2)c(Cl)c1. The van der Waals surface area contributed by atoms with Crippen molar-refractivity contribution in [3.8, 4) is 0 Å². The Morgan fingerprint density at radius 1 is 1.35 bits per heavy atom. The highest BCUT2D eigenvalue weighted by Crippen LogP contribution is 2.32. The van der Waals surface area contributed by atoms with Gasteiger partial charge < -0.3 is 4.90 Å². The minimum atomic E-state index is 0.568. The van der Waals surface area contributed by atoms with Crippen molar-refractivity contribution in [3.63, 3.8) is 0 Å². The van der Waals surface area contributed by atoms with Crippen LogP contribution in [0.3, 0.4) is 0 Å². The van der Waals surface area contributed by atoms with Crippen molar-refractivity contribution in [3.05, 3.63) is 22.3 Å². The smallest absolute Gasteiger partial charge is 0.147 e. The van der Waals surface area contributed by atoms with Gasteiger partial charge in [0.25, 0.3) is 0 Å². The second kappa shape index (κ2) is 6.26. The molecule has 1 aliphatic carbocycles. The molecule has 17 heavy (non-hydrogen) atoms. The van der Waals surface area contributed by atoms with E-state index in [2.05, 4.69) is 25.8 Å². The molecule has 0 radical (unpaired) electrons. The summed E-state index contributed by atoms with van der Waals surface area (Å²) in [7, 11) is 0. The summed E-state index contributed by atoms with van der Waals surface area (Å²) in [6.45, 7) is 0.930. The molecule has 0 amide bonds. The molecular formula is C12H15BrCl2N2. The number of halogens is 3. The van der Waals surface area contributed by atoms with E-state index >= 15 is 0 Å². The van der Waals surface area contributed by atoms with E-state index in [9.17, 15) is 0 Å². The fourth-order valence-electron chi connectivity index (χ4n) is 2.39. The number of hydrogen-bond acceptors (Lipinski definition) is 2. The van der Waals surface area contributed by atoms with Crippen LogP contribution in [0.15, 0.2) is 12.3 Å². The summed E-state index contributed by atoms with van der Waals surface area (Å²) < 4.78 is 0. The first-order chi connectivity index (χ1) is 8.22. The molecule has 0 unspecified atom stereocenters. The lowest BCUT2D eigenvalue weighted by Crippen LogP contribution is -2.35. The largest absolute Gasteiger partial charge is 0.352 e. The van der Waals surface area contributed by atoms with E-state index in [-0.39, 0.29) is 0 Å². The first kappa shape index (κ1) is 13.4. The van der Waals surface area contributed by atoms with Crippen molar-refractivity contribution in [1.29, 1.82) is 0 Å². The molecule has 2 rings (SSSR count). The third-order valence-corrected chi connectivity index (χ3v) is 3.99. The summed E-state index contributed by atoms with van der Waals surface area (Å²) in [5.74, 6) is 0.863. The number of pyridine rings is 1. The van der Waals surface area contributed by atoms with Crippen LogP contribution >= 0.6 is 39.1 Å². The first-order valence-corrected chi connectivity index (χ1v) is 7.73. The predicted molar refractivity (Wildman–Crippen MR) is 77.7 cm³/mol. The van der Waals surface area contributed by atoms with Crippen LogP contribution < -0.4 is 4.90 Å². The maximum Gasteiger partial charge on any atom is 0.147 e. The van der Waals surface area contributed by atoms with Gasteiger partial charge in [-0.3, -0.25) is 0 Å². The Morgan fingerprint density at radius 2 is 2.06 bits per heavy atom. The summed E-state index contributed by atoms with van der Waals surface area (Å²) in [6, 6.07) is 2.33. The molecule has 0 spiro atoms. The number of hydrogen-bond donors (Lipinski definition) is 0. The Kier molecular flexibility index (Phi) is 4.95. The Morgan fingerprint density at radius 3 is 2.65 bits per heavy atom. The topological polar surface area (TPSA) is 16.1 Å². The number of nitrogens with zero attached hydrogens (tertiary/aromatic N) is 2. The van der Waals surface area contributed by atoms with Gasteiger partial charge in [0.15, 0.2) is 0 Å². The molecular weight excluding hydrogens is 323 g/mol. The van der Waals surface area contributed by atoms with Gasteiger partial charge in [0.2, 0.25) is 0 Å². The zero-order valence-corrected chi connectivity index (χ0v) is 12.6. The third kappa shape index (κ3) is 3.27. The highest BCUT2D eigenvalue weighted by Gasteiger charge is 2.24. The molecule has 0 saturated heterocycles. The van der Waals surface area contributed by atoms with Gasteiger partial charge in [-0.15, -0.1) is 0 Å². The lowest BCUT2D eigenvalue weighted by Gasteiger charge is -2.30. The molecule has 1 aromatic heterocycles. The summed E-state index contributed by atoms with van der Waals surface area (Å²) in [6.07, 6.45) is 6.73. The normalized spacial score (nSPS) is 16.4. The zero-order chi connectivity index (χ0) is 12.3. The molecule has 1 aliphatic rings. The molecule has 2 nitrogen and oxygen atoms in total. The Balaban J connectivity index is 2.24. The van der Waals surface area contributed by atoms with Gasteiger partial charge in [0.1, 0.15) is 5.82 Å². The van der Waals surface area contributed by atoms with Crippen LogP contribution in [-0.4, -0.2) is 22.9 Å². The average Bonchev–Trinajstić information content (AvgIpc) is 2.80. The van der Waals surface area contributed by atoms with Gasteiger partial charge in [-0.2, -0.15) is 0 Å². The van der Waals surface area contributed by atoms with Crippen LogP contribution in [0.1, 0.15) is 25.7 Å². The van der Waals surface area contributed by atoms with Crippen LogP contribution in [0.5, 0.6) is 0 Å². The number of rotatable bonds is 4. The van der Waals surface area contributed by atoms with Crippen molar-refractivity contribution in [2.24, 2.45) is 0 Å². The van der Waals surface area contributed by atoms with Gasteiger partial charge in [0, 0.05) is 24.1 Å². The van der Waals surface area contributed by atoms with E-state index in [1.54, 1.807) is 12.3 Å². The first-order valence-electron chi connectivity index (χ1n) is 5.86. The van der Waals surface area contributed by atoms with Gasteiger partial charge in [0.05, 0.1) is 10.0 Å². The highest BCUT2D eigenvalue weighted by atomic mass is 79.9. The van der Waals surface area contributed by atoms with Crippen LogP contribution in [0, 0.1) is 0 Å². The Hall–Kier alpha value is 0.01000. The second-order valence-electron chi connectivity index (χ2n) is 4.28. The lowest BCUT2D eigenvalue weighted by atomic mass is 10.2. The van der Waals surface area contributed by atoms with E-state index in [0.717, 1.165) is 17.7 Å². The van der Waals surface area contributed by atoms with Crippen molar-refractivity contribution in [2.75, 3.05) is 16.8 Å². The monoisotopic (exact) mass is 336 g/mol. The Bertz CT molecular complexity index is 381. The standard InChI is InChI=1S/C12H15BrCl2N2/c13-5-6-17(10-3-1-2-4-10)12-11(15)7-9(14)8-16-12/h7-8,10H,1-6H2. The van der Waals surface area contributed by atoms with E-state index in [0.29, 0.717) is 16.1 Å². The number of aromatic nitrogens is 1. The molecule has 1 fully saturated rings. The van der Waals surface area contributed by atoms with E-state index < -0.39 is 0 Å². The maximum absolute atomic E-state index is 6.23. The van der Waals surface area contributed by atoms with Crippen molar-refractivity contribution in [1.82, 2.24) is 4.98 Å². The summed E-state index contributed by atoms with van der Waals surface area (Å²) >= 11 is 15.6. The van der Waals surface area contributed by atoms with Gasteiger partial charge >= 0.3 is 0 Å². The highest BCUT2D eigenvalue weighted by molar-refractivity contribution is 9.09. The molecule has 0 aliphatic heterocycles. The molecule has 0 bridgehead atoms. The summed E-state index contributed by atoms with van der Waals surface area (Å²) in [5.41, 5.74) is 0. The number of alkyl halides is 1. The molecule has 1 heterocycles. The molecule has 5 heteroatoms. The van der Waals surface area contributed by atoms with Crippen LogP contribution in [0.2, 0.25) is 10.0 Å². The number of anilines is 1. The zero-order valence-electron chi connectivity index (χ0n) is 9.50. The summed E-state index contributed by atoms with van der Waals surface area (Å²) in [5, 5.41) is 2.15. The van der Waals surface area contributed by atoms with E-state index in [4.69, 9.17) is 23.2 Å². The Labute approximate surface area is 120 Å². The molecule has 0 atom stereocenters. The molecule has 0 aromatic carbocycles. The predicted octanol–water partition coefficient (Wildman–Crippen LogP) is 4.53. The van der Waals surface area contributed by atoms with Crippen molar-refractivity contribution in [2.45, 2.75) is 31.7 Å². The minimum Gasteiger partial charge on any atom is -0.352 e. The average molecular weight is 338 g/mol. The molecule has 1 saturated carbocycles. The molecule has 1 aromatic rings. The van der Waals surface area contributed by atoms with E-state index in [1.165, 1.54) is 25.7 Å². The fraction of sp³-hybridized carbons (Fsp3) is 0.583. The van der Waals surface area contributed by atoms with Gasteiger partial charge in [-0.1, -0.05) is 52.0 Å². The summed E-state index contributed by atoms with van der Waals surface area (Å²) in [4.78, 5) is 6.69. The van der Waals surface area contributed by atoms with Gasteiger partial charge in [-0.05, 0) is 18.9 Å². The molecule has 0 N–H and O–H groups in total. The lowest BCUT2D eigenvalue weighted by molar-refractivity contribution is 0.616. The third-order valence-electron chi connectivity index (χ3n) is 3.15. The van der Waals surface area contributed by atoms with Crippen LogP contribution in [-0.2, 0) is 0 Å². The maximum atomic E-state index is 6.23. The van der Waals surface area contributed by atoms with E-state index in [1.807, 2.05) is 0 Å². The molecule has 94 valence electrons. The van der Waals surface area contributed by atoms with Crippen molar-refractivity contribution >= 4 is 44.9 Å².